The lowest BCUT2D eigenvalue weighted by Crippen LogP contribution is -2.25. The summed E-state index contributed by atoms with van der Waals surface area (Å²) in [5.41, 5.74) is 3.95. The molecule has 116 valence electrons. The van der Waals surface area contributed by atoms with Gasteiger partial charge in [-0.2, -0.15) is 0 Å². The molecule has 0 spiro atoms. The molecule has 1 heteroatoms. The van der Waals surface area contributed by atoms with Crippen LogP contribution in [0.15, 0.2) is 36.4 Å². The minimum absolute atomic E-state index is 0.0211. The fourth-order valence-electron chi connectivity index (χ4n) is 3.29. The summed E-state index contributed by atoms with van der Waals surface area (Å²) in [4.78, 5) is 0. The first-order valence-electron chi connectivity index (χ1n) is 8.09. The Balaban J connectivity index is 2.30. The van der Waals surface area contributed by atoms with Crippen LogP contribution >= 0.6 is 0 Å². The second-order valence-corrected chi connectivity index (χ2v) is 8.23. The molecule has 0 saturated carbocycles. The maximum Gasteiger partial charge on any atom is 0.103 e. The molecule has 0 fully saturated rings. The van der Waals surface area contributed by atoms with Crippen LogP contribution in [-0.4, -0.2) is 5.60 Å². The van der Waals surface area contributed by atoms with Gasteiger partial charge in [-0.15, -0.1) is 0 Å². The summed E-state index contributed by atoms with van der Waals surface area (Å²) in [5.74, 6) is 0. The van der Waals surface area contributed by atoms with Crippen LogP contribution in [0, 0.1) is 0 Å². The van der Waals surface area contributed by atoms with E-state index in [-0.39, 0.29) is 17.1 Å². The summed E-state index contributed by atoms with van der Waals surface area (Å²) >= 11 is 0. The van der Waals surface area contributed by atoms with Crippen molar-refractivity contribution in [3.63, 3.8) is 0 Å². The van der Waals surface area contributed by atoms with Gasteiger partial charge in [0.15, 0.2) is 0 Å². The van der Waals surface area contributed by atoms with Crippen molar-refractivity contribution >= 4 is 16.8 Å². The number of rotatable bonds is 1. The molecule has 0 aromatic heterocycles. The predicted molar refractivity (Wildman–Crippen MR) is 95.3 cm³/mol. The fraction of sp³-hybridized carbons (Fsp3) is 0.429. The number of ether oxygens (including phenoxy) is 1. The Kier molecular flexibility index (Phi) is 3.45. The Morgan fingerprint density at radius 1 is 0.909 bits per heavy atom. The third-order valence-corrected chi connectivity index (χ3v) is 4.14. The Morgan fingerprint density at radius 3 is 2.27 bits per heavy atom. The SMILES string of the molecule is CC(C)(C)OC1C=Cc2cccc3ccc(C(C)(C)C)c1c23. The molecule has 1 unspecified atom stereocenters. The summed E-state index contributed by atoms with van der Waals surface area (Å²) in [7, 11) is 0. The maximum atomic E-state index is 6.37. The van der Waals surface area contributed by atoms with Gasteiger partial charge in [0.05, 0.1) is 5.60 Å². The van der Waals surface area contributed by atoms with Crippen molar-refractivity contribution in [1.82, 2.24) is 0 Å². The molecule has 1 aliphatic carbocycles. The lowest BCUT2D eigenvalue weighted by Gasteiger charge is -2.33. The van der Waals surface area contributed by atoms with E-state index in [1.165, 1.54) is 27.5 Å². The highest BCUT2D eigenvalue weighted by molar-refractivity contribution is 5.96. The van der Waals surface area contributed by atoms with Crippen molar-refractivity contribution < 1.29 is 4.74 Å². The molecule has 1 aliphatic rings. The highest BCUT2D eigenvalue weighted by atomic mass is 16.5. The second-order valence-electron chi connectivity index (χ2n) is 8.23. The molecule has 0 N–H and O–H groups in total. The Morgan fingerprint density at radius 2 is 1.64 bits per heavy atom. The van der Waals surface area contributed by atoms with E-state index in [2.05, 4.69) is 84.0 Å². The molecule has 2 aromatic carbocycles. The van der Waals surface area contributed by atoms with Crippen LogP contribution in [0.2, 0.25) is 0 Å². The van der Waals surface area contributed by atoms with Gasteiger partial charge in [-0.1, -0.05) is 63.3 Å². The van der Waals surface area contributed by atoms with E-state index >= 15 is 0 Å². The molecular formula is C21H26O. The largest absolute Gasteiger partial charge is 0.364 e. The van der Waals surface area contributed by atoms with Gasteiger partial charge in [-0.25, -0.2) is 0 Å². The first-order valence-corrected chi connectivity index (χ1v) is 8.09. The highest BCUT2D eigenvalue weighted by Crippen LogP contribution is 2.42. The van der Waals surface area contributed by atoms with E-state index in [0.29, 0.717) is 0 Å². The van der Waals surface area contributed by atoms with Gasteiger partial charge in [-0.05, 0) is 53.6 Å². The van der Waals surface area contributed by atoms with Gasteiger partial charge in [0, 0.05) is 0 Å². The van der Waals surface area contributed by atoms with Gasteiger partial charge >= 0.3 is 0 Å². The molecule has 2 aromatic rings. The second kappa shape index (κ2) is 4.96. The molecule has 0 aliphatic heterocycles. The van der Waals surface area contributed by atoms with Crippen LogP contribution in [-0.2, 0) is 10.2 Å². The number of benzene rings is 2. The van der Waals surface area contributed by atoms with Crippen molar-refractivity contribution in [3.05, 3.63) is 53.1 Å². The molecule has 0 radical (unpaired) electrons. The van der Waals surface area contributed by atoms with Gasteiger partial charge < -0.3 is 4.74 Å². The predicted octanol–water partition coefficient (Wildman–Crippen LogP) is 6.02. The van der Waals surface area contributed by atoms with E-state index in [1.807, 2.05) is 0 Å². The summed E-state index contributed by atoms with van der Waals surface area (Å²) in [6, 6.07) is 11.0. The third kappa shape index (κ3) is 2.70. The summed E-state index contributed by atoms with van der Waals surface area (Å²) < 4.78 is 6.37. The normalized spacial score (nSPS) is 18.0. The number of hydrogen-bond acceptors (Lipinski definition) is 1. The van der Waals surface area contributed by atoms with Crippen LogP contribution in [0.3, 0.4) is 0 Å². The van der Waals surface area contributed by atoms with E-state index < -0.39 is 0 Å². The lowest BCUT2D eigenvalue weighted by molar-refractivity contribution is -0.0394. The average molecular weight is 294 g/mol. The van der Waals surface area contributed by atoms with Crippen LogP contribution in [0.4, 0.5) is 0 Å². The molecule has 0 heterocycles. The molecule has 3 rings (SSSR count). The zero-order chi connectivity index (χ0) is 16.1. The highest BCUT2D eigenvalue weighted by Gasteiger charge is 2.29. The zero-order valence-corrected chi connectivity index (χ0v) is 14.5. The Hall–Kier alpha value is -1.60. The van der Waals surface area contributed by atoms with Gasteiger partial charge in [0.1, 0.15) is 6.10 Å². The zero-order valence-electron chi connectivity index (χ0n) is 14.5. The average Bonchev–Trinajstić information content (AvgIpc) is 2.39. The lowest BCUT2D eigenvalue weighted by atomic mass is 9.78. The van der Waals surface area contributed by atoms with Crippen LogP contribution in [0.1, 0.15) is 64.3 Å². The van der Waals surface area contributed by atoms with E-state index in [4.69, 9.17) is 4.74 Å². The Labute approximate surface area is 134 Å². The quantitative estimate of drug-likeness (QED) is 0.625. The monoisotopic (exact) mass is 294 g/mol. The van der Waals surface area contributed by atoms with E-state index in [0.717, 1.165) is 0 Å². The molecule has 0 bridgehead atoms. The molecule has 22 heavy (non-hydrogen) atoms. The summed E-state index contributed by atoms with van der Waals surface area (Å²) in [5, 5.41) is 2.65. The minimum Gasteiger partial charge on any atom is -0.364 e. The van der Waals surface area contributed by atoms with Crippen molar-refractivity contribution in [2.75, 3.05) is 0 Å². The minimum atomic E-state index is -0.168. The van der Waals surface area contributed by atoms with E-state index in [1.54, 1.807) is 0 Å². The first kappa shape index (κ1) is 15.3. The molecule has 1 atom stereocenters. The van der Waals surface area contributed by atoms with Crippen molar-refractivity contribution in [1.29, 1.82) is 0 Å². The van der Waals surface area contributed by atoms with Crippen LogP contribution < -0.4 is 0 Å². The van der Waals surface area contributed by atoms with Crippen LogP contribution in [0.5, 0.6) is 0 Å². The third-order valence-electron chi connectivity index (χ3n) is 4.14. The fourth-order valence-corrected chi connectivity index (χ4v) is 3.29. The first-order chi connectivity index (χ1) is 10.2. The topological polar surface area (TPSA) is 9.23 Å². The smallest absolute Gasteiger partial charge is 0.103 e. The van der Waals surface area contributed by atoms with Gasteiger partial charge in [0.2, 0.25) is 0 Å². The van der Waals surface area contributed by atoms with Gasteiger partial charge in [0.25, 0.3) is 0 Å². The van der Waals surface area contributed by atoms with Crippen molar-refractivity contribution in [3.8, 4) is 0 Å². The van der Waals surface area contributed by atoms with Gasteiger partial charge in [-0.3, -0.25) is 0 Å². The van der Waals surface area contributed by atoms with Crippen molar-refractivity contribution in [2.45, 2.75) is 58.7 Å². The molecule has 1 nitrogen and oxygen atoms in total. The Bertz CT molecular complexity index is 739. The molecule has 0 saturated heterocycles. The summed E-state index contributed by atoms with van der Waals surface area (Å²) in [6.07, 6.45) is 4.43. The van der Waals surface area contributed by atoms with Crippen molar-refractivity contribution in [2.24, 2.45) is 0 Å². The maximum absolute atomic E-state index is 6.37. The van der Waals surface area contributed by atoms with E-state index in [9.17, 15) is 0 Å². The molecular weight excluding hydrogens is 268 g/mol. The standard InChI is InChI=1S/C21H26O/c1-20(2,3)16-12-10-14-8-7-9-15-11-13-17(19(16)18(14)15)22-21(4,5)6/h7-13,17H,1-6H3. The number of hydrogen-bond donors (Lipinski definition) is 0. The molecule has 0 amide bonds. The summed E-state index contributed by atoms with van der Waals surface area (Å²) in [6.45, 7) is 13.2. The van der Waals surface area contributed by atoms with Crippen LogP contribution in [0.25, 0.3) is 16.8 Å².